The van der Waals surface area contributed by atoms with Crippen molar-refractivity contribution in [2.75, 3.05) is 17.8 Å². The average molecular weight is 458 g/mol. The Morgan fingerprint density at radius 1 is 1.08 bits per heavy atom. The number of rotatable bonds is 4. The summed E-state index contributed by atoms with van der Waals surface area (Å²) < 4.78 is 28.5. The summed E-state index contributed by atoms with van der Waals surface area (Å²) in [4.78, 5) is 14.7. The van der Waals surface area contributed by atoms with Gasteiger partial charge in [-0.15, -0.1) is 0 Å². The van der Waals surface area contributed by atoms with Gasteiger partial charge in [-0.2, -0.15) is 0 Å². The van der Waals surface area contributed by atoms with E-state index in [0.29, 0.717) is 28.1 Å². The summed E-state index contributed by atoms with van der Waals surface area (Å²) in [6.45, 7) is 1.36. The zero-order valence-electron chi connectivity index (χ0n) is 13.9. The molecular formula is C18H18BrClN2O3S. The van der Waals surface area contributed by atoms with Gasteiger partial charge in [0, 0.05) is 22.6 Å². The molecule has 26 heavy (non-hydrogen) atoms. The van der Waals surface area contributed by atoms with E-state index in [9.17, 15) is 13.2 Å². The van der Waals surface area contributed by atoms with E-state index in [1.165, 1.54) is 12.1 Å². The first-order valence-corrected chi connectivity index (χ1v) is 10.9. The maximum absolute atomic E-state index is 12.9. The van der Waals surface area contributed by atoms with Gasteiger partial charge in [0.1, 0.15) is 4.90 Å². The number of anilines is 1. The fourth-order valence-electron chi connectivity index (χ4n) is 2.92. The van der Waals surface area contributed by atoms with Gasteiger partial charge in [0.2, 0.25) is 0 Å². The van der Waals surface area contributed by atoms with E-state index in [2.05, 4.69) is 20.7 Å². The number of nitrogens with one attached hydrogen (secondary N) is 1. The molecule has 5 nitrogen and oxygen atoms in total. The molecule has 1 aliphatic rings. The van der Waals surface area contributed by atoms with E-state index in [0.717, 1.165) is 19.3 Å². The minimum atomic E-state index is -3.87. The van der Waals surface area contributed by atoms with Gasteiger partial charge in [-0.3, -0.25) is 9.52 Å². The smallest absolute Gasteiger partial charge is 0.263 e. The first-order valence-electron chi connectivity index (χ1n) is 8.25. The van der Waals surface area contributed by atoms with Gasteiger partial charge in [0.05, 0.1) is 11.3 Å². The fourth-order valence-corrected chi connectivity index (χ4v) is 5.16. The van der Waals surface area contributed by atoms with Crippen LogP contribution >= 0.6 is 27.5 Å². The summed E-state index contributed by atoms with van der Waals surface area (Å²) in [6.07, 6.45) is 3.01. The van der Waals surface area contributed by atoms with Crippen molar-refractivity contribution in [2.24, 2.45) is 0 Å². The van der Waals surface area contributed by atoms with E-state index < -0.39 is 10.0 Å². The van der Waals surface area contributed by atoms with Gasteiger partial charge in [0.15, 0.2) is 0 Å². The Balaban J connectivity index is 1.96. The SMILES string of the molecule is O=C(c1ccc(Cl)cc1NS(=O)(=O)c1ccccc1Br)N1CCCCC1. The number of hydrogen-bond donors (Lipinski definition) is 1. The summed E-state index contributed by atoms with van der Waals surface area (Å²) in [5, 5.41) is 0.352. The molecule has 1 heterocycles. The number of nitrogens with zero attached hydrogens (tertiary/aromatic N) is 1. The minimum Gasteiger partial charge on any atom is -0.339 e. The molecule has 1 aliphatic heterocycles. The van der Waals surface area contributed by atoms with Crippen LogP contribution in [-0.2, 0) is 10.0 Å². The van der Waals surface area contributed by atoms with Crippen molar-refractivity contribution in [3.05, 3.63) is 57.5 Å². The predicted molar refractivity (Wildman–Crippen MR) is 106 cm³/mol. The molecule has 0 unspecified atom stereocenters. The lowest BCUT2D eigenvalue weighted by atomic mass is 10.1. The Morgan fingerprint density at radius 3 is 2.46 bits per heavy atom. The zero-order chi connectivity index (χ0) is 18.7. The first-order chi connectivity index (χ1) is 12.4. The van der Waals surface area contributed by atoms with Gasteiger partial charge >= 0.3 is 0 Å². The van der Waals surface area contributed by atoms with Gasteiger partial charge in [-0.05, 0) is 65.5 Å². The maximum Gasteiger partial charge on any atom is 0.263 e. The van der Waals surface area contributed by atoms with Gasteiger partial charge in [-0.25, -0.2) is 8.42 Å². The predicted octanol–water partition coefficient (Wildman–Crippen LogP) is 4.53. The van der Waals surface area contributed by atoms with Crippen molar-refractivity contribution in [2.45, 2.75) is 24.2 Å². The van der Waals surface area contributed by atoms with Crippen LogP contribution in [0.2, 0.25) is 5.02 Å². The fraction of sp³-hybridized carbons (Fsp3) is 0.278. The number of hydrogen-bond acceptors (Lipinski definition) is 3. The molecule has 8 heteroatoms. The Hall–Kier alpha value is -1.57. The second kappa shape index (κ2) is 7.98. The molecule has 0 radical (unpaired) electrons. The van der Waals surface area contributed by atoms with Crippen LogP contribution in [0.5, 0.6) is 0 Å². The Morgan fingerprint density at radius 2 is 1.77 bits per heavy atom. The number of halogens is 2. The number of sulfonamides is 1. The van der Waals surface area contributed by atoms with E-state index in [4.69, 9.17) is 11.6 Å². The first kappa shape index (κ1) is 19.2. The lowest BCUT2D eigenvalue weighted by Gasteiger charge is -2.27. The zero-order valence-corrected chi connectivity index (χ0v) is 17.1. The van der Waals surface area contributed by atoms with Crippen LogP contribution in [0.15, 0.2) is 51.8 Å². The summed E-state index contributed by atoms with van der Waals surface area (Å²) >= 11 is 9.29. The molecule has 0 aromatic heterocycles. The molecule has 0 spiro atoms. The molecule has 0 atom stereocenters. The molecule has 1 fully saturated rings. The lowest BCUT2D eigenvalue weighted by molar-refractivity contribution is 0.0725. The van der Waals surface area contributed by atoms with Gasteiger partial charge in [-0.1, -0.05) is 23.7 Å². The van der Waals surface area contributed by atoms with Crippen LogP contribution in [0.1, 0.15) is 29.6 Å². The number of benzene rings is 2. The summed E-state index contributed by atoms with van der Waals surface area (Å²) in [7, 11) is -3.87. The molecule has 138 valence electrons. The van der Waals surface area contributed by atoms with Crippen molar-refractivity contribution >= 4 is 49.1 Å². The molecule has 2 aromatic carbocycles. The number of likely N-dealkylation sites (tertiary alicyclic amines) is 1. The molecule has 3 rings (SSSR count). The van der Waals surface area contributed by atoms with Crippen LogP contribution in [0.4, 0.5) is 5.69 Å². The lowest BCUT2D eigenvalue weighted by Crippen LogP contribution is -2.36. The molecular weight excluding hydrogens is 440 g/mol. The third kappa shape index (κ3) is 4.22. The van der Waals surface area contributed by atoms with Crippen LogP contribution in [0.25, 0.3) is 0 Å². The van der Waals surface area contributed by atoms with E-state index in [1.807, 2.05) is 0 Å². The number of amides is 1. The largest absolute Gasteiger partial charge is 0.339 e. The highest BCUT2D eigenvalue weighted by Crippen LogP contribution is 2.28. The van der Waals surface area contributed by atoms with E-state index >= 15 is 0 Å². The standard InChI is InChI=1S/C18H18BrClN2O3S/c19-15-6-2-3-7-17(15)26(24,25)21-16-12-13(20)8-9-14(16)18(23)22-10-4-1-5-11-22/h2-3,6-9,12,21H,1,4-5,10-11H2. The molecule has 0 aliphatic carbocycles. The molecule has 2 aromatic rings. The van der Waals surface area contributed by atoms with E-state index in [1.54, 1.807) is 35.2 Å². The van der Waals surface area contributed by atoms with Crippen molar-refractivity contribution in [3.8, 4) is 0 Å². The van der Waals surface area contributed by atoms with Crippen molar-refractivity contribution < 1.29 is 13.2 Å². The molecule has 0 bridgehead atoms. The number of piperidine rings is 1. The van der Waals surface area contributed by atoms with Crippen LogP contribution in [0, 0.1) is 0 Å². The number of carbonyl (C=O) groups excluding carboxylic acids is 1. The monoisotopic (exact) mass is 456 g/mol. The highest BCUT2D eigenvalue weighted by molar-refractivity contribution is 9.10. The van der Waals surface area contributed by atoms with Gasteiger partial charge in [0.25, 0.3) is 15.9 Å². The molecule has 1 amide bonds. The normalized spacial score (nSPS) is 14.9. The molecule has 1 saturated heterocycles. The summed E-state index contributed by atoms with van der Waals surface area (Å²) in [6, 6.07) is 11.1. The Kier molecular flexibility index (Phi) is 5.89. The number of carbonyl (C=O) groups is 1. The second-order valence-corrected chi connectivity index (χ2v) is 9.02. The molecule has 0 saturated carbocycles. The van der Waals surface area contributed by atoms with Crippen LogP contribution in [-0.4, -0.2) is 32.3 Å². The highest BCUT2D eigenvalue weighted by Gasteiger charge is 2.24. The highest BCUT2D eigenvalue weighted by atomic mass is 79.9. The van der Waals surface area contributed by atoms with Crippen LogP contribution in [0.3, 0.4) is 0 Å². The van der Waals surface area contributed by atoms with Crippen molar-refractivity contribution in [1.29, 1.82) is 0 Å². The Labute approximate surface area is 166 Å². The minimum absolute atomic E-state index is 0.0938. The van der Waals surface area contributed by atoms with Gasteiger partial charge < -0.3 is 4.90 Å². The van der Waals surface area contributed by atoms with Crippen LogP contribution < -0.4 is 4.72 Å². The van der Waals surface area contributed by atoms with Crippen molar-refractivity contribution in [1.82, 2.24) is 4.90 Å². The Bertz CT molecular complexity index is 928. The quantitative estimate of drug-likeness (QED) is 0.733. The third-order valence-corrected chi connectivity index (χ3v) is 6.84. The molecule has 1 N–H and O–H groups in total. The summed E-state index contributed by atoms with van der Waals surface area (Å²) in [5.74, 6) is -0.189. The van der Waals surface area contributed by atoms with Crippen molar-refractivity contribution in [3.63, 3.8) is 0 Å². The maximum atomic E-state index is 12.9. The second-order valence-electron chi connectivity index (χ2n) is 6.08. The van der Waals surface area contributed by atoms with E-state index in [-0.39, 0.29) is 16.5 Å². The summed E-state index contributed by atoms with van der Waals surface area (Å²) in [5.41, 5.74) is 0.482. The average Bonchev–Trinajstić information content (AvgIpc) is 2.62. The topological polar surface area (TPSA) is 66.5 Å². The third-order valence-electron chi connectivity index (χ3n) is 4.23.